The maximum absolute atomic E-state index is 11.7. The van der Waals surface area contributed by atoms with Gasteiger partial charge in [0.2, 0.25) is 0 Å². The van der Waals surface area contributed by atoms with E-state index >= 15 is 0 Å². The van der Waals surface area contributed by atoms with Gasteiger partial charge in [-0.3, -0.25) is 0 Å². The minimum Gasteiger partial charge on any atom is -0.480 e. The van der Waals surface area contributed by atoms with Crippen LogP contribution in [-0.2, 0) is 4.79 Å². The molecule has 0 aromatic heterocycles. The number of amides is 2. The van der Waals surface area contributed by atoms with E-state index in [2.05, 4.69) is 17.6 Å². The summed E-state index contributed by atoms with van der Waals surface area (Å²) in [5.41, 5.74) is 0. The Labute approximate surface area is 109 Å². The van der Waals surface area contributed by atoms with Crippen LogP contribution in [0.3, 0.4) is 0 Å². The van der Waals surface area contributed by atoms with E-state index in [9.17, 15) is 9.59 Å². The van der Waals surface area contributed by atoms with Gasteiger partial charge < -0.3 is 15.7 Å². The lowest BCUT2D eigenvalue weighted by Gasteiger charge is -2.22. The lowest BCUT2D eigenvalue weighted by atomic mass is 10.0. The van der Waals surface area contributed by atoms with Crippen LogP contribution in [0.1, 0.15) is 47.5 Å². The van der Waals surface area contributed by atoms with Gasteiger partial charge in [0.25, 0.3) is 0 Å². The molecule has 2 unspecified atom stereocenters. The third-order valence-electron chi connectivity index (χ3n) is 3.17. The largest absolute Gasteiger partial charge is 0.480 e. The van der Waals surface area contributed by atoms with Gasteiger partial charge in [-0.05, 0) is 25.2 Å². The van der Waals surface area contributed by atoms with Crippen molar-refractivity contribution in [3.8, 4) is 0 Å². The first-order chi connectivity index (χ1) is 8.27. The number of rotatable bonds is 7. The van der Waals surface area contributed by atoms with Gasteiger partial charge in [-0.2, -0.15) is 0 Å². The van der Waals surface area contributed by atoms with Crippen molar-refractivity contribution in [2.45, 2.75) is 59.5 Å². The van der Waals surface area contributed by atoms with Gasteiger partial charge in [-0.1, -0.05) is 34.1 Å². The summed E-state index contributed by atoms with van der Waals surface area (Å²) >= 11 is 0. The van der Waals surface area contributed by atoms with Gasteiger partial charge >= 0.3 is 12.0 Å². The smallest absolute Gasteiger partial charge is 0.326 e. The predicted octanol–water partition coefficient (Wildman–Crippen LogP) is 2.22. The van der Waals surface area contributed by atoms with Crippen molar-refractivity contribution in [3.63, 3.8) is 0 Å². The SMILES string of the molecule is CCC(C)C(C)NC(=O)N[C@@H](CC(C)C)C(=O)O. The van der Waals surface area contributed by atoms with Crippen LogP contribution in [0.25, 0.3) is 0 Å². The second-order valence-corrected chi connectivity index (χ2v) is 5.31. The van der Waals surface area contributed by atoms with Crippen molar-refractivity contribution in [1.82, 2.24) is 10.6 Å². The number of nitrogens with one attached hydrogen (secondary N) is 2. The number of hydrogen-bond donors (Lipinski definition) is 3. The molecule has 0 saturated heterocycles. The Balaban J connectivity index is 4.30. The van der Waals surface area contributed by atoms with Crippen LogP contribution in [0.5, 0.6) is 0 Å². The molecule has 0 heterocycles. The van der Waals surface area contributed by atoms with Crippen molar-refractivity contribution in [2.24, 2.45) is 11.8 Å². The summed E-state index contributed by atoms with van der Waals surface area (Å²) in [6, 6.07) is -1.20. The van der Waals surface area contributed by atoms with Crippen LogP contribution in [0.2, 0.25) is 0 Å². The highest BCUT2D eigenvalue weighted by Gasteiger charge is 2.22. The molecule has 0 saturated carbocycles. The quantitative estimate of drug-likeness (QED) is 0.655. The summed E-state index contributed by atoms with van der Waals surface area (Å²) < 4.78 is 0. The molecule has 0 aliphatic carbocycles. The first kappa shape index (κ1) is 16.7. The van der Waals surface area contributed by atoms with Gasteiger partial charge in [0.15, 0.2) is 0 Å². The van der Waals surface area contributed by atoms with E-state index in [-0.39, 0.29) is 12.0 Å². The van der Waals surface area contributed by atoms with Crippen LogP contribution >= 0.6 is 0 Å². The highest BCUT2D eigenvalue weighted by atomic mass is 16.4. The fourth-order valence-corrected chi connectivity index (χ4v) is 1.60. The molecule has 0 fully saturated rings. The van der Waals surface area contributed by atoms with Crippen molar-refractivity contribution in [2.75, 3.05) is 0 Å². The molecular weight excluding hydrogens is 232 g/mol. The molecule has 18 heavy (non-hydrogen) atoms. The number of aliphatic carboxylic acids is 1. The molecule has 0 aromatic rings. The molecule has 0 spiro atoms. The Kier molecular flexibility index (Phi) is 7.39. The Morgan fingerprint density at radius 2 is 1.67 bits per heavy atom. The minimum absolute atomic E-state index is 0.0310. The van der Waals surface area contributed by atoms with Gasteiger partial charge in [0.05, 0.1) is 0 Å². The first-order valence-corrected chi connectivity index (χ1v) is 6.57. The zero-order valence-corrected chi connectivity index (χ0v) is 12.0. The maximum atomic E-state index is 11.7. The lowest BCUT2D eigenvalue weighted by Crippen LogP contribution is -2.50. The highest BCUT2D eigenvalue weighted by molar-refractivity contribution is 5.82. The van der Waals surface area contributed by atoms with E-state index in [0.717, 1.165) is 6.42 Å². The molecule has 3 N–H and O–H groups in total. The van der Waals surface area contributed by atoms with Crippen LogP contribution < -0.4 is 10.6 Å². The summed E-state index contributed by atoms with van der Waals surface area (Å²) in [5, 5.41) is 14.3. The zero-order valence-electron chi connectivity index (χ0n) is 12.0. The summed E-state index contributed by atoms with van der Waals surface area (Å²) in [7, 11) is 0. The Hall–Kier alpha value is -1.26. The number of carbonyl (C=O) groups excluding carboxylic acids is 1. The van der Waals surface area contributed by atoms with E-state index in [0.29, 0.717) is 12.3 Å². The molecule has 3 atom stereocenters. The molecule has 2 amide bonds. The van der Waals surface area contributed by atoms with E-state index in [1.807, 2.05) is 27.7 Å². The van der Waals surface area contributed by atoms with Crippen LogP contribution in [0.4, 0.5) is 4.79 Å². The molecule has 0 rings (SSSR count). The van der Waals surface area contributed by atoms with Crippen LogP contribution in [0, 0.1) is 11.8 Å². The second kappa shape index (κ2) is 7.95. The number of urea groups is 1. The standard InChI is InChI=1S/C13H26N2O3/c1-6-9(4)10(5)14-13(18)15-11(12(16)17)7-8(2)3/h8-11H,6-7H2,1-5H3,(H,16,17)(H2,14,15,18)/t9?,10?,11-/m0/s1. The molecular formula is C13H26N2O3. The predicted molar refractivity (Wildman–Crippen MR) is 71.5 cm³/mol. The van der Waals surface area contributed by atoms with Crippen LogP contribution in [0.15, 0.2) is 0 Å². The van der Waals surface area contributed by atoms with E-state index in [4.69, 9.17) is 5.11 Å². The van der Waals surface area contributed by atoms with Gasteiger partial charge in [0, 0.05) is 6.04 Å². The summed E-state index contributed by atoms with van der Waals surface area (Å²) in [6.07, 6.45) is 1.40. The molecule has 106 valence electrons. The van der Waals surface area contributed by atoms with Gasteiger partial charge in [0.1, 0.15) is 6.04 Å². The Bertz CT molecular complexity index is 279. The summed E-state index contributed by atoms with van der Waals surface area (Å²) in [6.45, 7) is 9.88. The maximum Gasteiger partial charge on any atom is 0.326 e. The Morgan fingerprint density at radius 1 is 1.11 bits per heavy atom. The molecule has 0 radical (unpaired) electrons. The van der Waals surface area contributed by atoms with Crippen molar-refractivity contribution < 1.29 is 14.7 Å². The summed E-state index contributed by atoms with van der Waals surface area (Å²) in [4.78, 5) is 22.7. The third kappa shape index (κ3) is 6.47. The van der Waals surface area contributed by atoms with Crippen molar-refractivity contribution in [1.29, 1.82) is 0 Å². The Morgan fingerprint density at radius 3 is 2.06 bits per heavy atom. The molecule has 0 bridgehead atoms. The minimum atomic E-state index is -0.991. The first-order valence-electron chi connectivity index (χ1n) is 6.57. The zero-order chi connectivity index (χ0) is 14.3. The van der Waals surface area contributed by atoms with Gasteiger partial charge in [-0.15, -0.1) is 0 Å². The number of carbonyl (C=O) groups is 2. The van der Waals surface area contributed by atoms with Crippen LogP contribution in [-0.4, -0.2) is 29.2 Å². The molecule has 0 aliphatic rings. The second-order valence-electron chi connectivity index (χ2n) is 5.31. The molecule has 5 heteroatoms. The number of hydrogen-bond acceptors (Lipinski definition) is 2. The van der Waals surface area contributed by atoms with Crippen molar-refractivity contribution in [3.05, 3.63) is 0 Å². The highest BCUT2D eigenvalue weighted by Crippen LogP contribution is 2.07. The molecule has 0 aliphatic heterocycles. The van der Waals surface area contributed by atoms with E-state index in [1.54, 1.807) is 0 Å². The molecule has 0 aromatic carbocycles. The summed E-state index contributed by atoms with van der Waals surface area (Å²) in [5.74, 6) is -0.405. The average molecular weight is 258 g/mol. The van der Waals surface area contributed by atoms with E-state index in [1.165, 1.54) is 0 Å². The third-order valence-corrected chi connectivity index (χ3v) is 3.17. The molecule has 5 nitrogen and oxygen atoms in total. The number of carboxylic acids is 1. The average Bonchev–Trinajstić information content (AvgIpc) is 2.25. The fraction of sp³-hybridized carbons (Fsp3) is 0.846. The topological polar surface area (TPSA) is 78.4 Å². The normalized spacial score (nSPS) is 15.9. The van der Waals surface area contributed by atoms with Crippen molar-refractivity contribution >= 4 is 12.0 Å². The lowest BCUT2D eigenvalue weighted by molar-refractivity contribution is -0.139. The van der Waals surface area contributed by atoms with E-state index < -0.39 is 18.0 Å². The number of carboxylic acid groups (broad SMARTS) is 1. The van der Waals surface area contributed by atoms with Gasteiger partial charge in [-0.25, -0.2) is 9.59 Å². The monoisotopic (exact) mass is 258 g/mol. The fourth-order valence-electron chi connectivity index (χ4n) is 1.60.